The van der Waals surface area contributed by atoms with Crippen molar-refractivity contribution in [2.24, 2.45) is 0 Å². The second kappa shape index (κ2) is 5.88. The second-order valence-corrected chi connectivity index (χ2v) is 5.83. The van der Waals surface area contributed by atoms with E-state index in [4.69, 9.17) is 16.6 Å². The summed E-state index contributed by atoms with van der Waals surface area (Å²) in [4.78, 5) is 6.96. The fraction of sp³-hybridized carbons (Fsp3) is 0.235. The standard InChI is InChI=1S/C17H18ClN3/c1-20(2)10-11-21-16-12-14(18)8-9-15(16)19-17(21)13-6-4-3-5-7-13/h3-9,12H,10-11H2,1-2H3. The van der Waals surface area contributed by atoms with Gasteiger partial charge in [-0.1, -0.05) is 41.9 Å². The first-order valence-corrected chi connectivity index (χ1v) is 7.39. The summed E-state index contributed by atoms with van der Waals surface area (Å²) in [6, 6.07) is 16.2. The molecule has 0 fully saturated rings. The van der Waals surface area contributed by atoms with Gasteiger partial charge in [-0.05, 0) is 32.3 Å². The number of imidazole rings is 1. The number of aromatic nitrogens is 2. The number of fused-ring (bicyclic) bond motifs is 1. The second-order valence-electron chi connectivity index (χ2n) is 5.39. The number of likely N-dealkylation sites (N-methyl/N-ethyl adjacent to an activating group) is 1. The number of benzene rings is 2. The molecule has 0 N–H and O–H groups in total. The van der Waals surface area contributed by atoms with Crippen LogP contribution in [-0.4, -0.2) is 35.1 Å². The normalized spacial score (nSPS) is 11.4. The lowest BCUT2D eigenvalue weighted by atomic mass is 10.2. The predicted molar refractivity (Wildman–Crippen MR) is 88.7 cm³/mol. The summed E-state index contributed by atoms with van der Waals surface area (Å²) in [5, 5.41) is 0.744. The molecule has 0 radical (unpaired) electrons. The third kappa shape index (κ3) is 2.94. The summed E-state index contributed by atoms with van der Waals surface area (Å²) < 4.78 is 2.25. The molecular weight excluding hydrogens is 282 g/mol. The Morgan fingerprint density at radius 1 is 1.10 bits per heavy atom. The van der Waals surface area contributed by atoms with Gasteiger partial charge < -0.3 is 9.47 Å². The first-order valence-electron chi connectivity index (χ1n) is 7.01. The molecule has 0 spiro atoms. The van der Waals surface area contributed by atoms with Gasteiger partial charge in [0.15, 0.2) is 0 Å². The zero-order valence-electron chi connectivity index (χ0n) is 12.3. The molecule has 0 atom stereocenters. The number of rotatable bonds is 4. The van der Waals surface area contributed by atoms with E-state index >= 15 is 0 Å². The van der Waals surface area contributed by atoms with E-state index in [9.17, 15) is 0 Å². The molecule has 0 unspecified atom stereocenters. The zero-order valence-corrected chi connectivity index (χ0v) is 13.0. The highest BCUT2D eigenvalue weighted by atomic mass is 35.5. The Morgan fingerprint density at radius 2 is 1.86 bits per heavy atom. The Bertz CT molecular complexity index is 747. The molecule has 0 bridgehead atoms. The quantitative estimate of drug-likeness (QED) is 0.728. The lowest BCUT2D eigenvalue weighted by Crippen LogP contribution is -2.18. The molecule has 3 nitrogen and oxygen atoms in total. The zero-order chi connectivity index (χ0) is 14.8. The molecule has 0 aliphatic heterocycles. The van der Waals surface area contributed by atoms with E-state index in [2.05, 4.69) is 35.7 Å². The van der Waals surface area contributed by atoms with Crippen LogP contribution in [0.3, 0.4) is 0 Å². The van der Waals surface area contributed by atoms with E-state index < -0.39 is 0 Å². The van der Waals surface area contributed by atoms with Gasteiger partial charge in [0.2, 0.25) is 0 Å². The van der Waals surface area contributed by atoms with Crippen LogP contribution in [0, 0.1) is 0 Å². The highest BCUT2D eigenvalue weighted by molar-refractivity contribution is 6.31. The fourth-order valence-corrected chi connectivity index (χ4v) is 2.60. The number of nitrogens with zero attached hydrogens (tertiary/aromatic N) is 3. The molecule has 1 heterocycles. The summed E-state index contributed by atoms with van der Waals surface area (Å²) in [7, 11) is 4.16. The molecule has 0 aliphatic rings. The van der Waals surface area contributed by atoms with Gasteiger partial charge in [-0.15, -0.1) is 0 Å². The average Bonchev–Trinajstić information content (AvgIpc) is 2.84. The first-order chi connectivity index (χ1) is 10.1. The summed E-state index contributed by atoms with van der Waals surface area (Å²) >= 11 is 6.16. The van der Waals surface area contributed by atoms with E-state index in [0.717, 1.165) is 40.5 Å². The Hall–Kier alpha value is -1.84. The van der Waals surface area contributed by atoms with Gasteiger partial charge in [0.25, 0.3) is 0 Å². The molecule has 0 saturated carbocycles. The van der Waals surface area contributed by atoms with Crippen LogP contribution in [0.15, 0.2) is 48.5 Å². The number of halogens is 1. The van der Waals surface area contributed by atoms with Crippen LogP contribution >= 0.6 is 11.6 Å². The molecule has 0 amide bonds. The predicted octanol–water partition coefficient (Wildman–Crippen LogP) is 3.92. The van der Waals surface area contributed by atoms with E-state index in [1.54, 1.807) is 0 Å². The van der Waals surface area contributed by atoms with Crippen molar-refractivity contribution < 1.29 is 0 Å². The highest BCUT2D eigenvalue weighted by Crippen LogP contribution is 2.26. The third-order valence-corrected chi connectivity index (χ3v) is 3.75. The van der Waals surface area contributed by atoms with Crippen molar-refractivity contribution in [1.29, 1.82) is 0 Å². The third-order valence-electron chi connectivity index (χ3n) is 3.51. The smallest absolute Gasteiger partial charge is 0.141 e. The van der Waals surface area contributed by atoms with Crippen molar-refractivity contribution in [3.8, 4) is 11.4 Å². The molecule has 3 rings (SSSR count). The molecular formula is C17H18ClN3. The van der Waals surface area contributed by atoms with Gasteiger partial charge in [-0.25, -0.2) is 4.98 Å². The Morgan fingerprint density at radius 3 is 2.57 bits per heavy atom. The fourth-order valence-electron chi connectivity index (χ4n) is 2.43. The van der Waals surface area contributed by atoms with Gasteiger partial charge >= 0.3 is 0 Å². The van der Waals surface area contributed by atoms with E-state index in [1.807, 2.05) is 36.4 Å². The molecule has 1 aromatic heterocycles. The van der Waals surface area contributed by atoms with Crippen LogP contribution in [0.2, 0.25) is 5.02 Å². The largest absolute Gasteiger partial charge is 0.323 e. The van der Waals surface area contributed by atoms with Crippen LogP contribution in [0.25, 0.3) is 22.4 Å². The van der Waals surface area contributed by atoms with Gasteiger partial charge in [-0.3, -0.25) is 0 Å². The highest BCUT2D eigenvalue weighted by Gasteiger charge is 2.12. The maximum Gasteiger partial charge on any atom is 0.141 e. The summed E-state index contributed by atoms with van der Waals surface area (Å²) in [5.41, 5.74) is 3.20. The topological polar surface area (TPSA) is 21.1 Å². The average molecular weight is 300 g/mol. The molecule has 2 aromatic carbocycles. The summed E-state index contributed by atoms with van der Waals surface area (Å²) in [6.45, 7) is 1.84. The molecule has 108 valence electrons. The monoisotopic (exact) mass is 299 g/mol. The van der Waals surface area contributed by atoms with E-state index in [-0.39, 0.29) is 0 Å². The Balaban J connectivity index is 2.16. The van der Waals surface area contributed by atoms with E-state index in [0.29, 0.717) is 0 Å². The Kier molecular flexibility index (Phi) is 3.95. The Labute approximate surface area is 129 Å². The van der Waals surface area contributed by atoms with Crippen molar-refractivity contribution in [1.82, 2.24) is 14.5 Å². The lowest BCUT2D eigenvalue weighted by molar-refractivity contribution is 0.387. The number of hydrogen-bond acceptors (Lipinski definition) is 2. The van der Waals surface area contributed by atoms with Gasteiger partial charge in [0, 0.05) is 23.7 Å². The maximum absolute atomic E-state index is 6.16. The molecule has 0 aliphatic carbocycles. The SMILES string of the molecule is CN(C)CCn1c(-c2ccccc2)nc2ccc(Cl)cc21. The van der Waals surface area contributed by atoms with Crippen molar-refractivity contribution >= 4 is 22.6 Å². The summed E-state index contributed by atoms with van der Waals surface area (Å²) in [5.74, 6) is 0.995. The van der Waals surface area contributed by atoms with Gasteiger partial charge in [0.05, 0.1) is 11.0 Å². The van der Waals surface area contributed by atoms with Crippen molar-refractivity contribution in [3.63, 3.8) is 0 Å². The minimum atomic E-state index is 0.744. The minimum absolute atomic E-state index is 0.744. The van der Waals surface area contributed by atoms with Gasteiger partial charge in [-0.2, -0.15) is 0 Å². The molecule has 21 heavy (non-hydrogen) atoms. The van der Waals surface area contributed by atoms with E-state index in [1.165, 1.54) is 0 Å². The lowest BCUT2D eigenvalue weighted by Gasteiger charge is -2.13. The van der Waals surface area contributed by atoms with Crippen molar-refractivity contribution in [2.45, 2.75) is 6.54 Å². The molecule has 3 aromatic rings. The molecule has 0 saturated heterocycles. The van der Waals surface area contributed by atoms with Gasteiger partial charge in [0.1, 0.15) is 5.82 Å². The first kappa shape index (κ1) is 14.1. The summed E-state index contributed by atoms with van der Waals surface area (Å²) in [6.07, 6.45) is 0. The van der Waals surface area contributed by atoms with Crippen LogP contribution in [-0.2, 0) is 6.54 Å². The minimum Gasteiger partial charge on any atom is -0.323 e. The van der Waals surface area contributed by atoms with Crippen LogP contribution in [0.5, 0.6) is 0 Å². The van der Waals surface area contributed by atoms with Crippen LogP contribution in [0.1, 0.15) is 0 Å². The van der Waals surface area contributed by atoms with Crippen LogP contribution in [0.4, 0.5) is 0 Å². The van der Waals surface area contributed by atoms with Crippen molar-refractivity contribution in [2.75, 3.05) is 20.6 Å². The van der Waals surface area contributed by atoms with Crippen molar-refractivity contribution in [3.05, 3.63) is 53.6 Å². The maximum atomic E-state index is 6.16. The number of hydrogen-bond donors (Lipinski definition) is 0. The van der Waals surface area contributed by atoms with Crippen LogP contribution < -0.4 is 0 Å². The molecule has 4 heteroatoms.